The number of phenols is 1. The summed E-state index contributed by atoms with van der Waals surface area (Å²) < 4.78 is 9.04. The van der Waals surface area contributed by atoms with Crippen molar-refractivity contribution >= 4 is 53.7 Å². The number of benzene rings is 1. The van der Waals surface area contributed by atoms with Crippen LogP contribution in [-0.4, -0.2) is 179 Å². The van der Waals surface area contributed by atoms with Crippen LogP contribution in [-0.2, 0) is 49.4 Å². The van der Waals surface area contributed by atoms with Crippen molar-refractivity contribution in [2.75, 3.05) is 19.6 Å². The van der Waals surface area contributed by atoms with Crippen molar-refractivity contribution in [3.8, 4) is 11.5 Å². The first kappa shape index (κ1) is 53.4. The van der Waals surface area contributed by atoms with Gasteiger partial charge in [-0.3, -0.25) is 38.6 Å². The predicted molar refractivity (Wildman–Crippen MR) is 204 cm³/mol. The van der Waals surface area contributed by atoms with E-state index in [1.54, 1.807) is 0 Å². The zero-order chi connectivity index (χ0) is 46.2. The molecule has 26 nitrogen and oxygen atoms in total. The van der Waals surface area contributed by atoms with Crippen LogP contribution in [0.1, 0.15) is 38.7 Å². The minimum Gasteiger partial charge on any atom is -0.691 e. The van der Waals surface area contributed by atoms with E-state index >= 15 is 0 Å². The number of nitrogens with one attached hydrogen (secondary N) is 4. The van der Waals surface area contributed by atoms with Crippen molar-refractivity contribution < 1.29 is 118 Å². The summed E-state index contributed by atoms with van der Waals surface area (Å²) in [6.07, 6.45) is -12.7. The number of nitrogens with zero attached hydrogens (tertiary/aromatic N) is 2. The standard InChI is InChI=1S/C35H52N8O18S.Na/c1-13-11-43-28(29(13)51)33(55)38-10-16(45)7-18(36)30(52)39-25(14(2)44)34(56)42-12-17(46)8-19(42)31(53)40-26(32(54)41-27(35(43)57)22(49)9-24(37)50)21(48)5-15-3-4-20(47)23(6-15)59-62-61-60-58;/h3-4,6,13-14,16-19,21-22,25-29,44-49,51,58H,5,7-12,36H2,1-2H3,(H2,37,50)(H,38,55)(H,39,52)(H,40,53)(H,41,54);/q;+1/p-1. The summed E-state index contributed by atoms with van der Waals surface area (Å²) in [4.78, 5) is 96.9. The van der Waals surface area contributed by atoms with E-state index in [1.807, 2.05) is 0 Å². The molecule has 0 spiro atoms. The molecular weight excluding hydrogens is 875 g/mol. The Hall–Kier alpha value is -3.94. The molecule has 15 N–H and O–H groups in total. The minimum absolute atomic E-state index is 0. The zero-order valence-electron chi connectivity index (χ0n) is 34.3. The molecule has 13 unspecified atom stereocenters. The number of carbonyl (C=O) groups is 7. The van der Waals surface area contributed by atoms with Gasteiger partial charge in [0.25, 0.3) is 12.3 Å². The number of hydrogen-bond acceptors (Lipinski definition) is 20. The number of β-amino-alcohol motifs (C(OH)–C–C–N with tert-alkyl or cyclic N) is 1. The van der Waals surface area contributed by atoms with Gasteiger partial charge in [0.2, 0.25) is 41.4 Å². The Morgan fingerprint density at radius 3 is 2.16 bits per heavy atom. The number of hydrogen-bond donors (Lipinski definition) is 13. The van der Waals surface area contributed by atoms with Gasteiger partial charge < -0.3 is 87.7 Å². The zero-order valence-corrected chi connectivity index (χ0v) is 37.1. The van der Waals surface area contributed by atoms with Gasteiger partial charge in [0.1, 0.15) is 30.2 Å². The topological polar surface area (TPSA) is 418 Å². The molecule has 346 valence electrons. The molecule has 63 heavy (non-hydrogen) atoms. The summed E-state index contributed by atoms with van der Waals surface area (Å²) in [5, 5.41) is 98.4. The van der Waals surface area contributed by atoms with Crippen LogP contribution in [0.2, 0.25) is 0 Å². The maximum Gasteiger partial charge on any atom is 1.00 e. The van der Waals surface area contributed by atoms with Gasteiger partial charge in [0.05, 0.1) is 49.1 Å². The van der Waals surface area contributed by atoms with E-state index in [-0.39, 0.29) is 59.7 Å². The Balaban J connectivity index is 0.0000106. The Morgan fingerprint density at radius 2 is 1.52 bits per heavy atom. The Kier molecular flexibility index (Phi) is 20.2. The van der Waals surface area contributed by atoms with Gasteiger partial charge in [-0.05, 0) is 31.0 Å². The van der Waals surface area contributed by atoms with Crippen LogP contribution in [0.25, 0.3) is 0 Å². The van der Waals surface area contributed by atoms with Crippen molar-refractivity contribution in [2.24, 2.45) is 17.4 Å². The third kappa shape index (κ3) is 13.8. The Bertz CT molecular complexity index is 1820. The van der Waals surface area contributed by atoms with E-state index in [4.69, 9.17) is 15.7 Å². The maximum atomic E-state index is 14.3. The van der Waals surface area contributed by atoms with Crippen LogP contribution in [0.15, 0.2) is 18.2 Å². The number of aliphatic hydroxyl groups excluding tert-OH is 6. The minimum atomic E-state index is -2.16. The van der Waals surface area contributed by atoms with E-state index in [9.17, 15) is 74.6 Å². The van der Waals surface area contributed by atoms with Gasteiger partial charge in [-0.1, -0.05) is 13.0 Å². The summed E-state index contributed by atoms with van der Waals surface area (Å²) in [5.41, 5.74) is 11.4. The van der Waals surface area contributed by atoms with Crippen LogP contribution in [0.3, 0.4) is 0 Å². The van der Waals surface area contributed by atoms with E-state index in [0.29, 0.717) is 0 Å². The molecule has 7 amide bonds. The second kappa shape index (κ2) is 23.8. The molecule has 3 fully saturated rings. The number of nitrogens with two attached hydrogens (primary N) is 2. The number of fused-ring (bicyclic) bond motifs is 2. The third-order valence-corrected chi connectivity index (χ3v) is 10.9. The van der Waals surface area contributed by atoms with Crippen LogP contribution in [0.5, 0.6) is 11.5 Å². The number of carbonyl (C=O) groups excluding carboxylic acids is 7. The molecule has 3 aliphatic heterocycles. The van der Waals surface area contributed by atoms with E-state index in [0.717, 1.165) is 28.9 Å². The second-order valence-electron chi connectivity index (χ2n) is 15.3. The molecule has 28 heteroatoms. The number of primary amides is 1. The Labute approximate surface area is 385 Å². The molecule has 0 aromatic heterocycles. The van der Waals surface area contributed by atoms with Gasteiger partial charge in [0, 0.05) is 38.4 Å². The van der Waals surface area contributed by atoms with Gasteiger partial charge in [-0.2, -0.15) is 0 Å². The fraction of sp³-hybridized carbons (Fsp3) is 0.629. The van der Waals surface area contributed by atoms with Crippen molar-refractivity contribution in [3.05, 3.63) is 23.8 Å². The third-order valence-electron chi connectivity index (χ3n) is 10.5. The molecule has 0 aliphatic carbocycles. The van der Waals surface area contributed by atoms with Gasteiger partial charge in [0.15, 0.2) is 11.5 Å². The molecule has 13 atom stereocenters. The van der Waals surface area contributed by atoms with Crippen LogP contribution < -0.4 is 71.7 Å². The molecule has 3 aliphatic rings. The normalized spacial score (nSPS) is 30.6. The maximum absolute atomic E-state index is 14.3. The Morgan fingerprint density at radius 1 is 0.889 bits per heavy atom. The van der Waals surface area contributed by atoms with Crippen LogP contribution >= 0.6 is 12.3 Å². The van der Waals surface area contributed by atoms with Crippen molar-refractivity contribution in [1.29, 1.82) is 0 Å². The quantitative estimate of drug-likeness (QED) is 0.0322. The molecular formula is C35H51N8NaO18S. The second-order valence-corrected chi connectivity index (χ2v) is 15.8. The SMILES string of the molecule is CC(O)C1NC(=O)C(N)CC(O)CNC(=O)C2C(O)C(C)CN2C(=O)C(C(O)CC(N)=O)NC(=O)C(C(O)Cc2ccc(O)c(OSOO[O-])c2)NC(=O)C2CC(O)CN2C1=O.[Na+]. The summed E-state index contributed by atoms with van der Waals surface area (Å²) in [7, 11) is 0. The smallest absolute Gasteiger partial charge is 0.691 e. The molecule has 3 heterocycles. The van der Waals surface area contributed by atoms with Gasteiger partial charge >= 0.3 is 29.6 Å². The number of amides is 7. The summed E-state index contributed by atoms with van der Waals surface area (Å²) in [6.45, 7) is 1.15. The van der Waals surface area contributed by atoms with Crippen LogP contribution in [0.4, 0.5) is 0 Å². The van der Waals surface area contributed by atoms with Crippen LogP contribution in [0, 0.1) is 5.92 Å². The number of rotatable bonds is 11. The average Bonchev–Trinajstić information content (AvgIpc) is 3.74. The molecule has 1 aromatic rings. The largest absolute Gasteiger partial charge is 1.00 e. The summed E-state index contributed by atoms with van der Waals surface area (Å²) >= 11 is 0.00673. The van der Waals surface area contributed by atoms with Gasteiger partial charge in [-0.15, -0.1) is 4.33 Å². The molecule has 0 saturated carbocycles. The number of aromatic hydroxyl groups is 1. The fourth-order valence-electron chi connectivity index (χ4n) is 7.32. The first-order chi connectivity index (χ1) is 29.1. The first-order valence-electron chi connectivity index (χ1n) is 19.2. The van der Waals surface area contributed by atoms with E-state index < -0.39 is 165 Å². The fourth-order valence-corrected chi connectivity index (χ4v) is 7.58. The monoisotopic (exact) mass is 926 g/mol. The predicted octanol–water partition coefficient (Wildman–Crippen LogP) is -11.1. The van der Waals surface area contributed by atoms with Crippen molar-refractivity contribution in [1.82, 2.24) is 31.1 Å². The van der Waals surface area contributed by atoms with E-state index in [1.165, 1.54) is 13.0 Å². The molecule has 0 bridgehead atoms. The summed E-state index contributed by atoms with van der Waals surface area (Å²) in [6, 6.07) is -7.51. The summed E-state index contributed by atoms with van der Waals surface area (Å²) in [5.74, 6) is -9.76. The van der Waals surface area contributed by atoms with Gasteiger partial charge in [-0.25, -0.2) is 0 Å². The molecule has 1 aromatic carbocycles. The van der Waals surface area contributed by atoms with Crippen molar-refractivity contribution in [2.45, 2.75) is 112 Å². The average molecular weight is 927 g/mol. The van der Waals surface area contributed by atoms with E-state index in [2.05, 4.69) is 30.6 Å². The molecule has 3 saturated heterocycles. The number of phenolic OH excluding ortho intramolecular Hbond substituents is 1. The first-order valence-corrected chi connectivity index (χ1v) is 19.8. The van der Waals surface area contributed by atoms with Crippen molar-refractivity contribution in [3.63, 3.8) is 0 Å². The molecule has 4 rings (SSSR count). The molecule has 0 radical (unpaired) electrons. The number of aliphatic hydroxyl groups is 6.